The molecule has 3 N–H and O–H groups in total. The standard InChI is InChI=1S/C11H16FN3O4S/c1-7(2)10(6-13)14-20(18,19)8-3-4-11(15(16)17)9(12)5-8/h3-5,7,10,14H,6,13H2,1-2H3. The van der Waals surface area contributed by atoms with E-state index in [-0.39, 0.29) is 17.4 Å². The molecular weight excluding hydrogens is 289 g/mol. The lowest BCUT2D eigenvalue weighted by Crippen LogP contribution is -2.43. The van der Waals surface area contributed by atoms with Crippen molar-refractivity contribution in [2.24, 2.45) is 11.7 Å². The Bertz CT molecular complexity index is 604. The van der Waals surface area contributed by atoms with Gasteiger partial charge in [0.2, 0.25) is 15.8 Å². The zero-order chi connectivity index (χ0) is 15.5. The summed E-state index contributed by atoms with van der Waals surface area (Å²) in [6.07, 6.45) is 0. The minimum Gasteiger partial charge on any atom is -0.329 e. The predicted molar refractivity (Wildman–Crippen MR) is 71.1 cm³/mol. The Morgan fingerprint density at radius 3 is 2.45 bits per heavy atom. The van der Waals surface area contributed by atoms with Crippen LogP contribution in [0.3, 0.4) is 0 Å². The molecule has 1 unspecified atom stereocenters. The molecule has 0 saturated carbocycles. The fourth-order valence-corrected chi connectivity index (χ4v) is 2.94. The van der Waals surface area contributed by atoms with Crippen molar-refractivity contribution in [3.63, 3.8) is 0 Å². The van der Waals surface area contributed by atoms with Crippen LogP contribution in [0.5, 0.6) is 0 Å². The number of nitro groups is 1. The number of nitrogens with two attached hydrogens (primary N) is 1. The molecule has 0 radical (unpaired) electrons. The van der Waals surface area contributed by atoms with Crippen LogP contribution in [0.2, 0.25) is 0 Å². The van der Waals surface area contributed by atoms with E-state index in [4.69, 9.17) is 5.73 Å². The molecule has 0 amide bonds. The highest BCUT2D eigenvalue weighted by Crippen LogP contribution is 2.21. The fourth-order valence-electron chi connectivity index (χ4n) is 1.53. The second-order valence-corrected chi connectivity index (χ2v) is 6.29. The van der Waals surface area contributed by atoms with E-state index in [2.05, 4.69) is 4.72 Å². The normalized spacial score (nSPS) is 13.4. The van der Waals surface area contributed by atoms with Gasteiger partial charge in [-0.15, -0.1) is 0 Å². The van der Waals surface area contributed by atoms with Gasteiger partial charge in [0.15, 0.2) is 0 Å². The second kappa shape index (κ2) is 6.25. The van der Waals surface area contributed by atoms with E-state index in [9.17, 15) is 22.9 Å². The molecule has 0 fully saturated rings. The number of nitro benzene ring substituents is 1. The lowest BCUT2D eigenvalue weighted by molar-refractivity contribution is -0.387. The SMILES string of the molecule is CC(C)C(CN)NS(=O)(=O)c1ccc([N+](=O)[O-])c(F)c1. The number of benzene rings is 1. The van der Waals surface area contributed by atoms with Crippen molar-refractivity contribution < 1.29 is 17.7 Å². The predicted octanol–water partition coefficient (Wildman–Crippen LogP) is 0.996. The third-order valence-electron chi connectivity index (χ3n) is 2.79. The Hall–Kier alpha value is -1.58. The van der Waals surface area contributed by atoms with Crippen molar-refractivity contribution >= 4 is 15.7 Å². The molecule has 0 bridgehead atoms. The molecule has 0 heterocycles. The van der Waals surface area contributed by atoms with Crippen molar-refractivity contribution in [3.8, 4) is 0 Å². The van der Waals surface area contributed by atoms with Crippen LogP contribution in [-0.2, 0) is 10.0 Å². The summed E-state index contributed by atoms with van der Waals surface area (Å²) in [5.74, 6) is -1.25. The number of halogens is 1. The van der Waals surface area contributed by atoms with Crippen LogP contribution >= 0.6 is 0 Å². The largest absolute Gasteiger partial charge is 0.329 e. The van der Waals surface area contributed by atoms with Crippen molar-refractivity contribution in [2.75, 3.05) is 6.54 Å². The highest BCUT2D eigenvalue weighted by atomic mass is 32.2. The average molecular weight is 305 g/mol. The van der Waals surface area contributed by atoms with Crippen LogP contribution < -0.4 is 10.5 Å². The third-order valence-corrected chi connectivity index (χ3v) is 4.28. The van der Waals surface area contributed by atoms with Gasteiger partial charge in [-0.3, -0.25) is 10.1 Å². The van der Waals surface area contributed by atoms with E-state index in [0.29, 0.717) is 6.07 Å². The number of rotatable bonds is 6. The quantitative estimate of drug-likeness (QED) is 0.601. The molecule has 0 saturated heterocycles. The molecule has 1 aromatic rings. The molecule has 1 aromatic carbocycles. The lowest BCUT2D eigenvalue weighted by Gasteiger charge is -2.20. The number of nitrogens with one attached hydrogen (secondary N) is 1. The van der Waals surface area contributed by atoms with Crippen LogP contribution in [-0.4, -0.2) is 25.9 Å². The Balaban J connectivity index is 3.10. The average Bonchev–Trinajstić information content (AvgIpc) is 2.35. The minimum absolute atomic E-state index is 0.0438. The van der Waals surface area contributed by atoms with Gasteiger partial charge >= 0.3 is 5.69 Å². The van der Waals surface area contributed by atoms with E-state index >= 15 is 0 Å². The first-order valence-corrected chi connectivity index (χ1v) is 7.33. The zero-order valence-corrected chi connectivity index (χ0v) is 11.9. The summed E-state index contributed by atoms with van der Waals surface area (Å²) >= 11 is 0. The molecule has 9 heteroatoms. The summed E-state index contributed by atoms with van der Waals surface area (Å²) in [6, 6.07) is 1.92. The van der Waals surface area contributed by atoms with Crippen LogP contribution in [0, 0.1) is 21.8 Å². The van der Waals surface area contributed by atoms with Gasteiger partial charge in [-0.2, -0.15) is 4.39 Å². The highest BCUT2D eigenvalue weighted by Gasteiger charge is 2.24. The molecule has 0 spiro atoms. The summed E-state index contributed by atoms with van der Waals surface area (Å²) in [4.78, 5) is 9.18. The molecule has 1 atom stereocenters. The molecule has 7 nitrogen and oxygen atoms in total. The monoisotopic (exact) mass is 305 g/mol. The Morgan fingerprint density at radius 2 is 2.05 bits per heavy atom. The van der Waals surface area contributed by atoms with Gasteiger partial charge in [-0.05, 0) is 12.0 Å². The maximum absolute atomic E-state index is 13.5. The van der Waals surface area contributed by atoms with E-state index in [1.807, 2.05) is 0 Å². The van der Waals surface area contributed by atoms with Crippen molar-refractivity contribution in [2.45, 2.75) is 24.8 Å². The maximum atomic E-state index is 13.5. The van der Waals surface area contributed by atoms with Gasteiger partial charge in [-0.1, -0.05) is 13.8 Å². The summed E-state index contributed by atoms with van der Waals surface area (Å²) in [7, 11) is -3.97. The first-order valence-electron chi connectivity index (χ1n) is 5.85. The lowest BCUT2D eigenvalue weighted by atomic mass is 10.1. The topological polar surface area (TPSA) is 115 Å². The third kappa shape index (κ3) is 3.71. The van der Waals surface area contributed by atoms with Crippen LogP contribution in [0.25, 0.3) is 0 Å². The number of sulfonamides is 1. The Labute approximate surface area is 116 Å². The van der Waals surface area contributed by atoms with Gasteiger partial charge in [-0.25, -0.2) is 13.1 Å². The van der Waals surface area contributed by atoms with Crippen molar-refractivity contribution in [1.29, 1.82) is 0 Å². The van der Waals surface area contributed by atoms with E-state index in [1.165, 1.54) is 0 Å². The van der Waals surface area contributed by atoms with Gasteiger partial charge in [0.1, 0.15) is 0 Å². The van der Waals surface area contributed by atoms with Crippen molar-refractivity contribution in [1.82, 2.24) is 4.72 Å². The Morgan fingerprint density at radius 1 is 1.45 bits per heavy atom. The van der Waals surface area contributed by atoms with Crippen LogP contribution in [0.4, 0.5) is 10.1 Å². The molecular formula is C11H16FN3O4S. The minimum atomic E-state index is -3.97. The van der Waals surface area contributed by atoms with E-state index < -0.39 is 32.5 Å². The second-order valence-electron chi connectivity index (χ2n) is 4.58. The van der Waals surface area contributed by atoms with Gasteiger partial charge in [0, 0.05) is 24.7 Å². The summed E-state index contributed by atoms with van der Waals surface area (Å²) in [6.45, 7) is 3.67. The first kappa shape index (κ1) is 16.5. The molecule has 0 aliphatic rings. The molecule has 20 heavy (non-hydrogen) atoms. The highest BCUT2D eigenvalue weighted by molar-refractivity contribution is 7.89. The number of hydrogen-bond acceptors (Lipinski definition) is 5. The smallest absolute Gasteiger partial charge is 0.304 e. The molecule has 112 valence electrons. The van der Waals surface area contributed by atoms with Crippen LogP contribution in [0.1, 0.15) is 13.8 Å². The number of nitrogens with zero attached hydrogens (tertiary/aromatic N) is 1. The van der Waals surface area contributed by atoms with Gasteiger partial charge in [0.25, 0.3) is 0 Å². The number of hydrogen-bond donors (Lipinski definition) is 2. The zero-order valence-electron chi connectivity index (χ0n) is 11.0. The summed E-state index contributed by atoms with van der Waals surface area (Å²) < 4.78 is 39.9. The summed E-state index contributed by atoms with van der Waals surface area (Å²) in [5.41, 5.74) is 4.69. The fraction of sp³-hybridized carbons (Fsp3) is 0.455. The van der Waals surface area contributed by atoms with Gasteiger partial charge < -0.3 is 5.73 Å². The van der Waals surface area contributed by atoms with E-state index in [0.717, 1.165) is 12.1 Å². The molecule has 0 aliphatic carbocycles. The van der Waals surface area contributed by atoms with Crippen molar-refractivity contribution in [3.05, 3.63) is 34.1 Å². The molecule has 1 rings (SSSR count). The van der Waals surface area contributed by atoms with Gasteiger partial charge in [0.05, 0.1) is 9.82 Å². The van der Waals surface area contributed by atoms with Crippen LogP contribution in [0.15, 0.2) is 23.1 Å². The van der Waals surface area contributed by atoms with E-state index in [1.54, 1.807) is 13.8 Å². The molecule has 0 aliphatic heterocycles. The maximum Gasteiger partial charge on any atom is 0.304 e. The molecule has 0 aromatic heterocycles. The first-order chi connectivity index (χ1) is 9.19. The Kier molecular flexibility index (Phi) is 5.15. The summed E-state index contributed by atoms with van der Waals surface area (Å²) in [5, 5.41) is 10.5.